The summed E-state index contributed by atoms with van der Waals surface area (Å²) < 4.78 is 1.19. The third-order valence-electron chi connectivity index (χ3n) is 2.58. The van der Waals surface area contributed by atoms with Crippen molar-refractivity contribution in [2.45, 2.75) is 18.5 Å². The Morgan fingerprint density at radius 3 is 2.85 bits per heavy atom. The Kier molecular flexibility index (Phi) is 2.74. The second kappa shape index (κ2) is 3.69. The van der Waals surface area contributed by atoms with Crippen molar-refractivity contribution >= 4 is 27.3 Å². The number of likely N-dealkylation sites (tertiary alicyclic amines) is 1. The molecule has 1 saturated heterocycles. The van der Waals surface area contributed by atoms with E-state index in [1.54, 1.807) is 11.3 Å². The Hall–Kier alpha value is 0.1000. The van der Waals surface area contributed by atoms with Crippen molar-refractivity contribution in [3.05, 3.63) is 20.8 Å². The Bertz CT molecular complexity index is 290. The first-order chi connectivity index (χ1) is 6.18. The van der Waals surface area contributed by atoms with Crippen LogP contribution in [0.3, 0.4) is 0 Å². The SMILES string of the molecule is CN1CCC(N)C1c1ccc(Br)s1. The fourth-order valence-electron chi connectivity index (χ4n) is 1.89. The fourth-order valence-corrected chi connectivity index (χ4v) is 3.56. The van der Waals surface area contributed by atoms with Crippen molar-refractivity contribution in [2.24, 2.45) is 5.73 Å². The van der Waals surface area contributed by atoms with E-state index >= 15 is 0 Å². The molecule has 13 heavy (non-hydrogen) atoms. The van der Waals surface area contributed by atoms with Gasteiger partial charge in [-0.15, -0.1) is 11.3 Å². The number of nitrogens with zero attached hydrogens (tertiary/aromatic N) is 1. The molecule has 1 aromatic rings. The van der Waals surface area contributed by atoms with Gasteiger partial charge in [0.05, 0.1) is 9.83 Å². The highest BCUT2D eigenvalue weighted by Gasteiger charge is 2.31. The molecule has 0 aromatic carbocycles. The van der Waals surface area contributed by atoms with Crippen molar-refractivity contribution in [3.63, 3.8) is 0 Å². The first kappa shape index (κ1) is 9.65. The second-order valence-corrected chi connectivity index (χ2v) is 6.01. The highest BCUT2D eigenvalue weighted by molar-refractivity contribution is 9.11. The summed E-state index contributed by atoms with van der Waals surface area (Å²) in [5.41, 5.74) is 6.06. The van der Waals surface area contributed by atoms with Gasteiger partial charge >= 0.3 is 0 Å². The van der Waals surface area contributed by atoms with E-state index < -0.39 is 0 Å². The van der Waals surface area contributed by atoms with E-state index in [-0.39, 0.29) is 0 Å². The van der Waals surface area contributed by atoms with E-state index in [1.165, 1.54) is 8.66 Å². The van der Waals surface area contributed by atoms with E-state index in [2.05, 4.69) is 40.0 Å². The van der Waals surface area contributed by atoms with Gasteiger partial charge in [-0.2, -0.15) is 0 Å². The lowest BCUT2D eigenvalue weighted by Crippen LogP contribution is -2.28. The van der Waals surface area contributed by atoms with E-state index in [0.717, 1.165) is 13.0 Å². The van der Waals surface area contributed by atoms with Crippen molar-refractivity contribution in [1.82, 2.24) is 4.90 Å². The second-order valence-electron chi connectivity index (χ2n) is 3.52. The minimum Gasteiger partial charge on any atom is -0.326 e. The molecule has 0 saturated carbocycles. The normalized spacial score (nSPS) is 29.8. The molecule has 1 aliphatic rings. The van der Waals surface area contributed by atoms with Gasteiger partial charge in [-0.3, -0.25) is 4.90 Å². The molecule has 2 atom stereocenters. The number of halogens is 1. The van der Waals surface area contributed by atoms with Gasteiger partial charge in [-0.05, 0) is 41.5 Å². The summed E-state index contributed by atoms with van der Waals surface area (Å²) in [5.74, 6) is 0. The first-order valence-corrected chi connectivity index (χ1v) is 6.00. The van der Waals surface area contributed by atoms with Gasteiger partial charge in [0.1, 0.15) is 0 Å². The maximum atomic E-state index is 6.06. The van der Waals surface area contributed by atoms with Crippen LogP contribution in [0.4, 0.5) is 0 Å². The van der Waals surface area contributed by atoms with Gasteiger partial charge in [0.25, 0.3) is 0 Å². The highest BCUT2D eigenvalue weighted by atomic mass is 79.9. The van der Waals surface area contributed by atoms with Crippen LogP contribution in [-0.2, 0) is 0 Å². The number of thiophene rings is 1. The average molecular weight is 261 g/mol. The van der Waals surface area contributed by atoms with E-state index in [0.29, 0.717) is 12.1 Å². The molecule has 0 radical (unpaired) electrons. The number of rotatable bonds is 1. The van der Waals surface area contributed by atoms with Crippen LogP contribution < -0.4 is 5.73 Å². The maximum absolute atomic E-state index is 6.06. The van der Waals surface area contributed by atoms with Crippen molar-refractivity contribution in [1.29, 1.82) is 0 Å². The lowest BCUT2D eigenvalue weighted by atomic mass is 10.1. The number of nitrogens with two attached hydrogens (primary N) is 1. The molecule has 1 aliphatic heterocycles. The molecule has 1 aromatic heterocycles. The van der Waals surface area contributed by atoms with Crippen LogP contribution in [0.5, 0.6) is 0 Å². The Morgan fingerprint density at radius 1 is 1.62 bits per heavy atom. The monoisotopic (exact) mass is 260 g/mol. The van der Waals surface area contributed by atoms with E-state index in [1.807, 2.05) is 0 Å². The van der Waals surface area contributed by atoms with Crippen LogP contribution in [0.25, 0.3) is 0 Å². The number of hydrogen-bond donors (Lipinski definition) is 1. The summed E-state index contributed by atoms with van der Waals surface area (Å²) in [5, 5.41) is 0. The lowest BCUT2D eigenvalue weighted by molar-refractivity contribution is 0.308. The zero-order chi connectivity index (χ0) is 9.42. The quantitative estimate of drug-likeness (QED) is 0.839. The van der Waals surface area contributed by atoms with Crippen molar-refractivity contribution in [3.8, 4) is 0 Å². The topological polar surface area (TPSA) is 29.3 Å². The number of likely N-dealkylation sites (N-methyl/N-ethyl adjacent to an activating group) is 1. The molecule has 2 rings (SSSR count). The summed E-state index contributed by atoms with van der Waals surface area (Å²) in [6.45, 7) is 1.11. The molecule has 0 amide bonds. The molecule has 0 bridgehead atoms. The van der Waals surface area contributed by atoms with Crippen molar-refractivity contribution < 1.29 is 0 Å². The Labute approximate surface area is 90.9 Å². The summed E-state index contributed by atoms with van der Waals surface area (Å²) in [4.78, 5) is 3.71. The van der Waals surface area contributed by atoms with Gasteiger partial charge in [-0.1, -0.05) is 0 Å². The molecular weight excluding hydrogens is 248 g/mol. The summed E-state index contributed by atoms with van der Waals surface area (Å²) in [7, 11) is 2.14. The largest absolute Gasteiger partial charge is 0.326 e. The molecule has 2 nitrogen and oxygen atoms in total. The van der Waals surface area contributed by atoms with Crippen molar-refractivity contribution in [2.75, 3.05) is 13.6 Å². The first-order valence-electron chi connectivity index (χ1n) is 4.39. The highest BCUT2D eigenvalue weighted by Crippen LogP contribution is 2.35. The van der Waals surface area contributed by atoms with Crippen LogP contribution in [-0.4, -0.2) is 24.5 Å². The summed E-state index contributed by atoms with van der Waals surface area (Å²) in [6.07, 6.45) is 1.11. The molecule has 2 heterocycles. The Morgan fingerprint density at radius 2 is 2.38 bits per heavy atom. The van der Waals surface area contributed by atoms with E-state index in [4.69, 9.17) is 5.73 Å². The molecule has 4 heteroatoms. The average Bonchev–Trinajstić information content (AvgIpc) is 2.60. The van der Waals surface area contributed by atoms with E-state index in [9.17, 15) is 0 Å². The van der Waals surface area contributed by atoms with Gasteiger partial charge in [0, 0.05) is 17.5 Å². The summed E-state index contributed by atoms with van der Waals surface area (Å²) in [6, 6.07) is 4.99. The zero-order valence-electron chi connectivity index (χ0n) is 7.53. The fraction of sp³-hybridized carbons (Fsp3) is 0.556. The third-order valence-corrected chi connectivity index (χ3v) is 4.28. The summed E-state index contributed by atoms with van der Waals surface area (Å²) >= 11 is 5.27. The van der Waals surface area contributed by atoms with Crippen LogP contribution in [0.15, 0.2) is 15.9 Å². The lowest BCUT2D eigenvalue weighted by Gasteiger charge is -2.21. The molecular formula is C9H13BrN2S. The van der Waals surface area contributed by atoms with Gasteiger partial charge in [0.15, 0.2) is 0 Å². The number of hydrogen-bond acceptors (Lipinski definition) is 3. The van der Waals surface area contributed by atoms with Gasteiger partial charge in [0.2, 0.25) is 0 Å². The zero-order valence-corrected chi connectivity index (χ0v) is 9.94. The predicted molar refractivity (Wildman–Crippen MR) is 60.0 cm³/mol. The predicted octanol–water partition coefficient (Wildman–Crippen LogP) is 2.21. The minimum atomic E-state index is 0.301. The van der Waals surface area contributed by atoms with Crippen LogP contribution in [0.1, 0.15) is 17.3 Å². The molecule has 2 unspecified atom stereocenters. The maximum Gasteiger partial charge on any atom is 0.0702 e. The molecule has 1 fully saturated rings. The van der Waals surface area contributed by atoms with Gasteiger partial charge < -0.3 is 5.73 Å². The third kappa shape index (κ3) is 1.81. The molecule has 0 aliphatic carbocycles. The van der Waals surface area contributed by atoms with Gasteiger partial charge in [-0.25, -0.2) is 0 Å². The molecule has 72 valence electrons. The van der Waals surface area contributed by atoms with Crippen LogP contribution >= 0.6 is 27.3 Å². The minimum absolute atomic E-state index is 0.301. The molecule has 2 N–H and O–H groups in total. The van der Waals surface area contributed by atoms with Crippen LogP contribution in [0, 0.1) is 0 Å². The smallest absolute Gasteiger partial charge is 0.0702 e. The van der Waals surface area contributed by atoms with Crippen LogP contribution in [0.2, 0.25) is 0 Å². The Balaban J connectivity index is 2.24. The standard InChI is InChI=1S/C9H13BrN2S/c1-12-5-4-6(11)9(12)7-2-3-8(10)13-7/h2-3,6,9H,4-5,11H2,1H3. The molecule has 0 spiro atoms.